The highest BCUT2D eigenvalue weighted by Gasteiger charge is 2.24. The van der Waals surface area contributed by atoms with Crippen molar-refractivity contribution in [2.75, 3.05) is 50.7 Å². The van der Waals surface area contributed by atoms with Crippen LogP contribution in [-0.4, -0.2) is 70.1 Å². The molecule has 5 heterocycles. The monoisotopic (exact) mass is 488 g/mol. The summed E-state index contributed by atoms with van der Waals surface area (Å²) in [6, 6.07) is 10.5. The fraction of sp³-hybridized carbons (Fsp3) is 0.444. The highest BCUT2D eigenvalue weighted by Crippen LogP contribution is 2.32. The van der Waals surface area contributed by atoms with Gasteiger partial charge < -0.3 is 4.90 Å². The number of pyridine rings is 1. The largest absolute Gasteiger partial charge is 0.354 e. The molecule has 0 radical (unpaired) electrons. The number of benzene rings is 1. The fourth-order valence-electron chi connectivity index (χ4n) is 5.53. The van der Waals surface area contributed by atoms with E-state index in [9.17, 15) is 4.79 Å². The molecule has 0 saturated carbocycles. The Morgan fingerprint density at radius 2 is 1.80 bits per heavy atom. The van der Waals surface area contributed by atoms with Gasteiger partial charge in [-0.15, -0.1) is 11.3 Å². The molecule has 2 aliphatic heterocycles. The Kier molecular flexibility index (Phi) is 6.26. The quantitative estimate of drug-likeness (QED) is 0.413. The summed E-state index contributed by atoms with van der Waals surface area (Å²) in [5.74, 6) is 1.08. The fourth-order valence-corrected chi connectivity index (χ4v) is 6.75. The van der Waals surface area contributed by atoms with E-state index in [0.717, 1.165) is 81.2 Å². The van der Waals surface area contributed by atoms with Gasteiger partial charge in [0, 0.05) is 68.8 Å². The van der Waals surface area contributed by atoms with Gasteiger partial charge in [0.05, 0.1) is 11.7 Å². The summed E-state index contributed by atoms with van der Waals surface area (Å²) < 4.78 is 1.83. The van der Waals surface area contributed by atoms with Gasteiger partial charge in [0.1, 0.15) is 10.6 Å². The van der Waals surface area contributed by atoms with Gasteiger partial charge in [-0.1, -0.05) is 31.2 Å². The van der Waals surface area contributed by atoms with E-state index in [-0.39, 0.29) is 5.56 Å². The summed E-state index contributed by atoms with van der Waals surface area (Å²) in [4.78, 5) is 32.3. The molecule has 6 rings (SSSR count). The molecule has 7 nitrogen and oxygen atoms in total. The van der Waals surface area contributed by atoms with Crippen LogP contribution in [0.15, 0.2) is 47.7 Å². The Labute approximate surface area is 209 Å². The molecule has 0 amide bonds. The zero-order valence-corrected chi connectivity index (χ0v) is 21.1. The Morgan fingerprint density at radius 3 is 2.66 bits per heavy atom. The highest BCUT2D eigenvalue weighted by atomic mass is 32.1. The van der Waals surface area contributed by atoms with Crippen molar-refractivity contribution in [2.45, 2.75) is 32.9 Å². The number of piperazine rings is 1. The molecule has 35 heavy (non-hydrogen) atoms. The molecule has 3 aromatic heterocycles. The molecule has 0 N–H and O–H groups in total. The summed E-state index contributed by atoms with van der Waals surface area (Å²) in [6.45, 7) is 10.7. The van der Waals surface area contributed by atoms with Gasteiger partial charge in [-0.2, -0.15) is 0 Å². The highest BCUT2D eigenvalue weighted by molar-refractivity contribution is 7.18. The number of hydrogen-bond acceptors (Lipinski definition) is 7. The van der Waals surface area contributed by atoms with E-state index in [1.165, 1.54) is 21.2 Å². The summed E-state index contributed by atoms with van der Waals surface area (Å²) >= 11 is 1.71. The molecule has 0 atom stereocenters. The van der Waals surface area contributed by atoms with Crippen LogP contribution in [0.1, 0.15) is 23.8 Å². The van der Waals surface area contributed by atoms with Crippen LogP contribution in [0.2, 0.25) is 0 Å². The number of hydrogen-bond donors (Lipinski definition) is 0. The zero-order valence-electron chi connectivity index (χ0n) is 20.3. The van der Waals surface area contributed by atoms with Crippen LogP contribution in [0.4, 0.5) is 5.82 Å². The predicted molar refractivity (Wildman–Crippen MR) is 144 cm³/mol. The standard InChI is InChI=1S/C27H32N6OS/c1-2-10-31-11-8-22-23(18-31)35-26-24(22)27(34)33(19-29-26)17-14-30-12-15-32(16-13-30)25-21-6-4-3-5-20(21)7-9-28-25/h3-7,9,19H,2,8,10-18H2,1H3. The van der Waals surface area contributed by atoms with E-state index in [2.05, 4.69) is 56.9 Å². The van der Waals surface area contributed by atoms with Gasteiger partial charge >= 0.3 is 0 Å². The number of aromatic nitrogens is 3. The van der Waals surface area contributed by atoms with Crippen LogP contribution in [0.3, 0.4) is 0 Å². The van der Waals surface area contributed by atoms with Gasteiger partial charge in [-0.25, -0.2) is 9.97 Å². The van der Waals surface area contributed by atoms with Crippen LogP contribution in [0.25, 0.3) is 21.0 Å². The molecule has 1 fully saturated rings. The lowest BCUT2D eigenvalue weighted by atomic mass is 10.1. The maximum absolute atomic E-state index is 13.4. The first kappa shape index (κ1) is 22.6. The van der Waals surface area contributed by atoms with Crippen molar-refractivity contribution in [1.82, 2.24) is 24.3 Å². The van der Waals surface area contributed by atoms with E-state index in [0.29, 0.717) is 6.54 Å². The maximum Gasteiger partial charge on any atom is 0.262 e. The Bertz CT molecular complexity index is 1400. The summed E-state index contributed by atoms with van der Waals surface area (Å²) in [5.41, 5.74) is 1.38. The molecular weight excluding hydrogens is 456 g/mol. The predicted octanol–water partition coefficient (Wildman–Crippen LogP) is 3.60. The van der Waals surface area contributed by atoms with Gasteiger partial charge in [0.15, 0.2) is 0 Å². The van der Waals surface area contributed by atoms with Crippen molar-refractivity contribution in [3.05, 3.63) is 63.7 Å². The minimum absolute atomic E-state index is 0.134. The Balaban J connectivity index is 1.12. The topological polar surface area (TPSA) is 57.5 Å². The average Bonchev–Trinajstić information content (AvgIpc) is 3.27. The first-order valence-electron chi connectivity index (χ1n) is 12.7. The van der Waals surface area contributed by atoms with Crippen LogP contribution in [-0.2, 0) is 19.5 Å². The minimum atomic E-state index is 0.134. The van der Waals surface area contributed by atoms with E-state index < -0.39 is 0 Å². The number of nitrogens with zero attached hydrogens (tertiary/aromatic N) is 6. The van der Waals surface area contributed by atoms with Crippen molar-refractivity contribution in [3.8, 4) is 0 Å². The van der Waals surface area contributed by atoms with Gasteiger partial charge in [0.25, 0.3) is 5.56 Å². The number of rotatable bonds is 6. The molecule has 2 aliphatic rings. The molecule has 0 spiro atoms. The van der Waals surface area contributed by atoms with Gasteiger partial charge in [-0.3, -0.25) is 19.2 Å². The third kappa shape index (κ3) is 4.35. The Morgan fingerprint density at radius 1 is 0.943 bits per heavy atom. The van der Waals surface area contributed by atoms with Crippen molar-refractivity contribution in [3.63, 3.8) is 0 Å². The number of anilines is 1. The first-order chi connectivity index (χ1) is 17.2. The SMILES string of the molecule is CCCN1CCc2c(sc3ncn(CCN4CCN(c5nccc6ccccc56)CC4)c(=O)c23)C1. The maximum atomic E-state index is 13.4. The zero-order chi connectivity index (χ0) is 23.8. The second-order valence-corrected chi connectivity index (χ2v) is 10.7. The molecule has 0 aliphatic carbocycles. The third-order valence-corrected chi connectivity index (χ3v) is 8.55. The normalized spacial score (nSPS) is 17.3. The molecule has 8 heteroatoms. The molecule has 0 bridgehead atoms. The first-order valence-corrected chi connectivity index (χ1v) is 13.6. The molecule has 0 unspecified atom stereocenters. The summed E-state index contributed by atoms with van der Waals surface area (Å²) in [5, 5.41) is 3.32. The van der Waals surface area contributed by atoms with E-state index >= 15 is 0 Å². The van der Waals surface area contributed by atoms with E-state index in [1.807, 2.05) is 10.8 Å². The van der Waals surface area contributed by atoms with E-state index in [4.69, 9.17) is 4.98 Å². The van der Waals surface area contributed by atoms with Crippen LogP contribution >= 0.6 is 11.3 Å². The van der Waals surface area contributed by atoms with Crippen molar-refractivity contribution >= 4 is 38.1 Å². The third-order valence-electron chi connectivity index (χ3n) is 7.43. The van der Waals surface area contributed by atoms with Crippen molar-refractivity contribution in [2.24, 2.45) is 0 Å². The molecular formula is C27H32N6OS. The molecule has 182 valence electrons. The van der Waals surface area contributed by atoms with Crippen molar-refractivity contribution < 1.29 is 0 Å². The Hall–Kier alpha value is -2.81. The smallest absolute Gasteiger partial charge is 0.262 e. The second-order valence-electron chi connectivity index (χ2n) is 9.64. The molecule has 1 aromatic carbocycles. The van der Waals surface area contributed by atoms with Crippen LogP contribution < -0.4 is 10.5 Å². The lowest BCUT2D eigenvalue weighted by molar-refractivity contribution is 0.246. The van der Waals surface area contributed by atoms with Gasteiger partial charge in [-0.05, 0) is 36.4 Å². The minimum Gasteiger partial charge on any atom is -0.354 e. The second kappa shape index (κ2) is 9.68. The van der Waals surface area contributed by atoms with Crippen molar-refractivity contribution in [1.29, 1.82) is 0 Å². The molecule has 1 saturated heterocycles. The lowest BCUT2D eigenvalue weighted by Gasteiger charge is -2.35. The van der Waals surface area contributed by atoms with Crippen LogP contribution in [0.5, 0.6) is 0 Å². The average molecular weight is 489 g/mol. The lowest BCUT2D eigenvalue weighted by Crippen LogP contribution is -2.47. The van der Waals surface area contributed by atoms with Crippen LogP contribution in [0, 0.1) is 0 Å². The van der Waals surface area contributed by atoms with E-state index in [1.54, 1.807) is 17.7 Å². The summed E-state index contributed by atoms with van der Waals surface area (Å²) in [7, 11) is 0. The number of fused-ring (bicyclic) bond motifs is 4. The van der Waals surface area contributed by atoms with Gasteiger partial charge in [0.2, 0.25) is 0 Å². The number of thiophene rings is 1. The summed E-state index contributed by atoms with van der Waals surface area (Å²) in [6.07, 6.45) is 5.79. The molecule has 4 aromatic rings.